The van der Waals surface area contributed by atoms with Gasteiger partial charge < -0.3 is 34.3 Å². The number of ether oxygens (including phenoxy) is 4. The second-order valence-corrected chi connectivity index (χ2v) is 18.2. The topological polar surface area (TPSA) is 186 Å². The summed E-state index contributed by atoms with van der Waals surface area (Å²) in [6, 6.07) is 0. The van der Waals surface area contributed by atoms with Crippen molar-refractivity contribution in [2.24, 2.45) is 0 Å². The van der Waals surface area contributed by atoms with Gasteiger partial charge in [-0.2, -0.15) is 8.42 Å². The fourth-order valence-electron chi connectivity index (χ4n) is 7.16. The minimum Gasteiger partial charge on any atom is -0.462 e. The molecule has 360 valence electrons. The lowest BCUT2D eigenvalue weighted by molar-refractivity contribution is -0.297. The van der Waals surface area contributed by atoms with Crippen LogP contribution in [0, 0.1) is 0 Å². The number of hydrogen-bond acceptors (Lipinski definition) is 11. The van der Waals surface area contributed by atoms with E-state index < -0.39 is 71.2 Å². The van der Waals surface area contributed by atoms with Crippen LogP contribution in [-0.4, -0.2) is 96.0 Å². The van der Waals surface area contributed by atoms with Gasteiger partial charge in [-0.25, -0.2) is 0 Å². The van der Waals surface area contributed by atoms with Crippen LogP contribution in [0.1, 0.15) is 194 Å². The van der Waals surface area contributed by atoms with E-state index in [9.17, 15) is 37.9 Å². The number of carbonyl (C=O) groups excluding carboxylic acids is 2. The number of esters is 2. The van der Waals surface area contributed by atoms with Crippen LogP contribution in [-0.2, 0) is 38.7 Å². The standard InChI is InChI=1S/C49H86O12S/c1-3-5-7-9-11-13-15-17-19-20-21-22-24-25-27-29-31-33-35-37-44(50)58-39-42(40-59-49-48(54)47(53)46(52)43(61-49)41-62(55,56)57)60-45(51)38-36-34-32-30-28-26-23-18-16-14-12-10-8-6-4-2/h6,8,12,14,17-19,23,42-43,46-49,52-54H,3-5,7,9-11,13,15-16,20-22,24-41H2,1-2H3,(H,55,56,57)/b8-6+,14-12+,19-17+,23-18+/t42-,43-,46-,47?,48?,49+/m1/s1. The number of hydrogen-bond donors (Lipinski definition) is 4. The normalized spacial score (nSPS) is 20.3. The van der Waals surface area contributed by atoms with E-state index >= 15 is 0 Å². The molecule has 1 aliphatic heterocycles. The number of aliphatic hydroxyl groups excluding tert-OH is 3. The number of carbonyl (C=O) groups is 2. The van der Waals surface area contributed by atoms with Gasteiger partial charge >= 0.3 is 11.9 Å². The molecule has 0 saturated carbocycles. The Kier molecular flexibility index (Phi) is 36.3. The van der Waals surface area contributed by atoms with Gasteiger partial charge in [0.2, 0.25) is 0 Å². The molecule has 0 aromatic heterocycles. The van der Waals surface area contributed by atoms with Crippen molar-refractivity contribution in [2.75, 3.05) is 19.0 Å². The van der Waals surface area contributed by atoms with Crippen molar-refractivity contribution in [2.45, 2.75) is 230 Å². The van der Waals surface area contributed by atoms with Gasteiger partial charge in [-0.15, -0.1) is 0 Å². The van der Waals surface area contributed by atoms with E-state index in [4.69, 9.17) is 18.9 Å². The zero-order chi connectivity index (χ0) is 45.5. The molecule has 0 amide bonds. The summed E-state index contributed by atoms with van der Waals surface area (Å²) in [6.45, 7) is 3.64. The van der Waals surface area contributed by atoms with Gasteiger partial charge in [0.1, 0.15) is 36.8 Å². The molecule has 1 rings (SSSR count). The van der Waals surface area contributed by atoms with E-state index in [0.717, 1.165) is 70.6 Å². The quantitative estimate of drug-likeness (QED) is 0.0198. The fraction of sp³-hybridized carbons (Fsp3) is 0.796. The van der Waals surface area contributed by atoms with Crippen LogP contribution in [0.5, 0.6) is 0 Å². The van der Waals surface area contributed by atoms with Crippen LogP contribution in [0.25, 0.3) is 0 Å². The second kappa shape index (κ2) is 39.0. The van der Waals surface area contributed by atoms with Crippen LogP contribution < -0.4 is 0 Å². The molecular weight excluding hydrogens is 813 g/mol. The van der Waals surface area contributed by atoms with Gasteiger partial charge in [-0.05, 0) is 70.6 Å². The van der Waals surface area contributed by atoms with Crippen LogP contribution >= 0.6 is 0 Å². The van der Waals surface area contributed by atoms with Crippen molar-refractivity contribution >= 4 is 22.1 Å². The highest BCUT2D eigenvalue weighted by molar-refractivity contribution is 7.85. The molecule has 1 fully saturated rings. The summed E-state index contributed by atoms with van der Waals surface area (Å²) in [5.41, 5.74) is 0. The monoisotopic (exact) mass is 899 g/mol. The van der Waals surface area contributed by atoms with Crippen molar-refractivity contribution in [3.05, 3.63) is 48.6 Å². The van der Waals surface area contributed by atoms with Gasteiger partial charge in [-0.3, -0.25) is 14.1 Å². The summed E-state index contributed by atoms with van der Waals surface area (Å²) >= 11 is 0. The predicted octanol–water partition coefficient (Wildman–Crippen LogP) is 10.3. The number of rotatable bonds is 40. The molecule has 0 radical (unpaired) electrons. The van der Waals surface area contributed by atoms with E-state index in [-0.39, 0.29) is 19.4 Å². The first-order valence-corrected chi connectivity index (χ1v) is 25.8. The molecule has 0 bridgehead atoms. The third-order valence-electron chi connectivity index (χ3n) is 10.9. The molecular formula is C49H86O12S. The minimum absolute atomic E-state index is 0.144. The minimum atomic E-state index is -4.61. The van der Waals surface area contributed by atoms with Gasteiger partial charge in [-0.1, -0.05) is 159 Å². The first-order valence-electron chi connectivity index (χ1n) is 24.2. The molecule has 1 saturated heterocycles. The highest BCUT2D eigenvalue weighted by Gasteiger charge is 2.46. The van der Waals surface area contributed by atoms with E-state index in [1.807, 2.05) is 0 Å². The maximum absolute atomic E-state index is 12.8. The Morgan fingerprint density at radius 1 is 0.565 bits per heavy atom. The van der Waals surface area contributed by atoms with Crippen LogP contribution in [0.4, 0.5) is 0 Å². The smallest absolute Gasteiger partial charge is 0.306 e. The van der Waals surface area contributed by atoms with E-state index in [1.165, 1.54) is 83.5 Å². The predicted molar refractivity (Wildman–Crippen MR) is 247 cm³/mol. The molecule has 0 aliphatic carbocycles. The maximum Gasteiger partial charge on any atom is 0.306 e. The number of unbranched alkanes of at least 4 members (excludes halogenated alkanes) is 20. The Labute approximate surface area is 375 Å². The second-order valence-electron chi connectivity index (χ2n) is 16.7. The average Bonchev–Trinajstić information content (AvgIpc) is 3.24. The number of allylic oxidation sites excluding steroid dienone is 8. The third kappa shape index (κ3) is 33.2. The molecule has 0 aromatic carbocycles. The van der Waals surface area contributed by atoms with Crippen molar-refractivity contribution in [3.63, 3.8) is 0 Å². The SMILES string of the molecule is CC/C=C/C/C=C/C/C=C/CCCCCCCC(=O)O[C@H](COC(=O)CCCCCCCCCCC/C=C/CCCCCCCC)CO[C@H]1O[C@H](CS(=O)(=O)O)[C@@H](O)C(O)C1O. The van der Waals surface area contributed by atoms with Crippen molar-refractivity contribution in [1.82, 2.24) is 0 Å². The molecule has 13 heteroatoms. The summed E-state index contributed by atoms with van der Waals surface area (Å²) in [5, 5.41) is 30.9. The van der Waals surface area contributed by atoms with Crippen molar-refractivity contribution < 1.29 is 56.8 Å². The van der Waals surface area contributed by atoms with Gasteiger partial charge in [0, 0.05) is 12.8 Å². The molecule has 0 spiro atoms. The zero-order valence-electron chi connectivity index (χ0n) is 38.5. The van der Waals surface area contributed by atoms with Gasteiger partial charge in [0.25, 0.3) is 10.1 Å². The Balaban J connectivity index is 2.41. The Hall–Kier alpha value is -2.39. The Morgan fingerprint density at radius 2 is 1.02 bits per heavy atom. The summed E-state index contributed by atoms with van der Waals surface area (Å²) in [5.74, 6) is -2.01. The average molecular weight is 899 g/mol. The van der Waals surface area contributed by atoms with Gasteiger partial charge in [0.05, 0.1) is 6.61 Å². The van der Waals surface area contributed by atoms with Crippen molar-refractivity contribution in [1.29, 1.82) is 0 Å². The summed E-state index contributed by atoms with van der Waals surface area (Å²) in [7, 11) is -4.61. The molecule has 0 aromatic rings. The lowest BCUT2D eigenvalue weighted by atomic mass is 10.00. The highest BCUT2D eigenvalue weighted by atomic mass is 32.2. The van der Waals surface area contributed by atoms with Crippen LogP contribution in [0.3, 0.4) is 0 Å². The fourth-order valence-corrected chi connectivity index (χ4v) is 7.85. The van der Waals surface area contributed by atoms with E-state index in [0.29, 0.717) is 12.8 Å². The molecule has 12 nitrogen and oxygen atoms in total. The van der Waals surface area contributed by atoms with E-state index in [2.05, 4.69) is 62.5 Å². The Morgan fingerprint density at radius 3 is 1.53 bits per heavy atom. The molecule has 62 heavy (non-hydrogen) atoms. The summed E-state index contributed by atoms with van der Waals surface area (Å²) in [4.78, 5) is 25.5. The summed E-state index contributed by atoms with van der Waals surface area (Å²) < 4.78 is 54.1. The largest absolute Gasteiger partial charge is 0.462 e. The van der Waals surface area contributed by atoms with Crippen molar-refractivity contribution in [3.8, 4) is 0 Å². The highest BCUT2D eigenvalue weighted by Crippen LogP contribution is 2.24. The van der Waals surface area contributed by atoms with Crippen LogP contribution in [0.15, 0.2) is 48.6 Å². The molecule has 2 unspecified atom stereocenters. The zero-order valence-corrected chi connectivity index (χ0v) is 39.3. The first-order chi connectivity index (χ1) is 30.0. The van der Waals surface area contributed by atoms with Crippen LogP contribution in [0.2, 0.25) is 0 Å². The molecule has 1 aliphatic rings. The molecule has 1 heterocycles. The number of aliphatic hydroxyl groups is 3. The first kappa shape index (κ1) is 57.6. The Bertz CT molecular complexity index is 1330. The molecule has 6 atom stereocenters. The summed E-state index contributed by atoms with van der Waals surface area (Å²) in [6.07, 6.45) is 37.2. The third-order valence-corrected chi connectivity index (χ3v) is 11.6. The lowest BCUT2D eigenvalue weighted by Gasteiger charge is -2.40. The van der Waals surface area contributed by atoms with E-state index in [1.54, 1.807) is 0 Å². The molecule has 4 N–H and O–H groups in total. The van der Waals surface area contributed by atoms with Gasteiger partial charge in [0.15, 0.2) is 12.4 Å². The lowest BCUT2D eigenvalue weighted by Crippen LogP contribution is -2.60. The maximum atomic E-state index is 12.8.